The zero-order valence-corrected chi connectivity index (χ0v) is 13.7. The van der Waals surface area contributed by atoms with Crippen molar-refractivity contribution in [2.24, 2.45) is 7.05 Å². The largest absolute Gasteiger partial charge is 0.276 e. The van der Waals surface area contributed by atoms with Crippen molar-refractivity contribution in [1.29, 1.82) is 0 Å². The summed E-state index contributed by atoms with van der Waals surface area (Å²) >= 11 is 0. The highest BCUT2D eigenvalue weighted by atomic mass is 32.2. The number of hydrogen-bond acceptors (Lipinski definition) is 3. The summed E-state index contributed by atoms with van der Waals surface area (Å²) in [6.45, 7) is 0. The first-order valence-electron chi connectivity index (χ1n) is 7.05. The Morgan fingerprint density at radius 3 is 2.36 bits per heavy atom. The van der Waals surface area contributed by atoms with Crippen LogP contribution < -0.4 is 4.72 Å². The Hall–Kier alpha value is -2.81. The number of benzene rings is 2. The molecule has 1 heterocycles. The van der Waals surface area contributed by atoms with Gasteiger partial charge >= 0.3 is 0 Å². The molecule has 0 unspecified atom stereocenters. The molecule has 0 aliphatic rings. The van der Waals surface area contributed by atoms with Crippen molar-refractivity contribution in [2.75, 3.05) is 4.72 Å². The maximum absolute atomic E-state index is 13.8. The van der Waals surface area contributed by atoms with Crippen LogP contribution in [0.3, 0.4) is 0 Å². The van der Waals surface area contributed by atoms with Crippen LogP contribution in [0.2, 0.25) is 0 Å². The first-order valence-corrected chi connectivity index (χ1v) is 8.53. The van der Waals surface area contributed by atoms with E-state index in [1.165, 1.54) is 17.9 Å². The van der Waals surface area contributed by atoms with E-state index in [0.717, 1.165) is 6.07 Å². The Morgan fingerprint density at radius 2 is 1.68 bits per heavy atom. The maximum Gasteiger partial charge on any atom is 0.265 e. The summed E-state index contributed by atoms with van der Waals surface area (Å²) in [5.41, 5.74) is -0.00501. The normalized spacial score (nSPS) is 11.5. The molecule has 0 atom stereocenters. The fourth-order valence-electron chi connectivity index (χ4n) is 2.26. The van der Waals surface area contributed by atoms with Crippen LogP contribution in [0.25, 0.3) is 11.3 Å². The second-order valence-corrected chi connectivity index (χ2v) is 6.86. The van der Waals surface area contributed by atoms with Crippen molar-refractivity contribution in [3.63, 3.8) is 0 Å². The van der Waals surface area contributed by atoms with E-state index >= 15 is 0 Å². The van der Waals surface area contributed by atoms with E-state index in [-0.39, 0.29) is 10.6 Å². The van der Waals surface area contributed by atoms with Crippen LogP contribution in [0.1, 0.15) is 0 Å². The van der Waals surface area contributed by atoms with Gasteiger partial charge in [0.05, 0.1) is 5.69 Å². The Bertz CT molecular complexity index is 1030. The second-order valence-electron chi connectivity index (χ2n) is 5.21. The molecule has 0 bridgehead atoms. The molecule has 130 valence electrons. The van der Waals surface area contributed by atoms with Gasteiger partial charge in [-0.15, -0.1) is 0 Å². The lowest BCUT2D eigenvalue weighted by Crippen LogP contribution is -2.15. The van der Waals surface area contributed by atoms with E-state index < -0.39 is 33.2 Å². The highest BCUT2D eigenvalue weighted by Crippen LogP contribution is 2.28. The zero-order chi connectivity index (χ0) is 18.2. The number of nitrogens with one attached hydrogen (secondary N) is 1. The summed E-state index contributed by atoms with van der Waals surface area (Å²) in [6, 6.07) is 9.96. The molecule has 0 saturated carbocycles. The Balaban J connectivity index is 2.06. The Kier molecular flexibility index (Phi) is 4.25. The van der Waals surface area contributed by atoms with E-state index in [0.29, 0.717) is 11.6 Å². The van der Waals surface area contributed by atoms with E-state index in [2.05, 4.69) is 5.10 Å². The second kappa shape index (κ2) is 6.25. The number of anilines is 1. The van der Waals surface area contributed by atoms with Gasteiger partial charge in [-0.3, -0.25) is 9.40 Å². The van der Waals surface area contributed by atoms with E-state index in [1.807, 2.05) is 4.72 Å². The lowest BCUT2D eigenvalue weighted by Gasteiger charge is -2.09. The first kappa shape index (κ1) is 17.0. The molecule has 3 rings (SSSR count). The summed E-state index contributed by atoms with van der Waals surface area (Å²) in [5.74, 6) is -4.78. The van der Waals surface area contributed by atoms with Crippen molar-refractivity contribution in [3.05, 3.63) is 66.1 Å². The predicted molar refractivity (Wildman–Crippen MR) is 85.8 cm³/mol. The molecular weight excluding hydrogens is 355 g/mol. The highest BCUT2D eigenvalue weighted by molar-refractivity contribution is 7.92. The van der Waals surface area contributed by atoms with Gasteiger partial charge in [0, 0.05) is 18.8 Å². The van der Waals surface area contributed by atoms with Crippen LogP contribution in [0.4, 0.5) is 18.9 Å². The smallest absolute Gasteiger partial charge is 0.265 e. The summed E-state index contributed by atoms with van der Waals surface area (Å²) in [6.07, 6.45) is 1.24. The molecule has 5 nitrogen and oxygen atoms in total. The summed E-state index contributed by atoms with van der Waals surface area (Å²) < 4.78 is 68.5. The number of sulfonamides is 1. The molecule has 1 aromatic heterocycles. The standard InChI is InChI=1S/C16H12F3N3O2S/c1-22-9-13(16(20-22)10-5-3-2-4-6-10)25(23,24)21-12-8-7-11(17)14(18)15(12)19/h2-9,21H,1H3. The van der Waals surface area contributed by atoms with Crippen molar-refractivity contribution < 1.29 is 21.6 Å². The number of hydrogen-bond donors (Lipinski definition) is 1. The van der Waals surface area contributed by atoms with Crippen molar-refractivity contribution >= 4 is 15.7 Å². The molecule has 0 radical (unpaired) electrons. The third-order valence-corrected chi connectivity index (χ3v) is 4.78. The third-order valence-electron chi connectivity index (χ3n) is 3.41. The van der Waals surface area contributed by atoms with Crippen molar-refractivity contribution in [3.8, 4) is 11.3 Å². The lowest BCUT2D eigenvalue weighted by molar-refractivity contribution is 0.449. The number of aromatic nitrogens is 2. The molecule has 2 aromatic carbocycles. The average Bonchev–Trinajstić information content (AvgIpc) is 2.99. The van der Waals surface area contributed by atoms with Crippen LogP contribution in [0, 0.1) is 17.5 Å². The van der Waals surface area contributed by atoms with E-state index in [9.17, 15) is 21.6 Å². The van der Waals surface area contributed by atoms with Gasteiger partial charge in [-0.25, -0.2) is 21.6 Å². The number of aryl methyl sites for hydroxylation is 1. The predicted octanol–water partition coefficient (Wildman–Crippen LogP) is 3.31. The maximum atomic E-state index is 13.8. The molecule has 0 spiro atoms. The van der Waals surface area contributed by atoms with Crippen molar-refractivity contribution in [2.45, 2.75) is 4.90 Å². The van der Waals surface area contributed by atoms with Crippen LogP contribution in [-0.4, -0.2) is 18.2 Å². The van der Waals surface area contributed by atoms with Crippen molar-refractivity contribution in [1.82, 2.24) is 9.78 Å². The minimum absolute atomic E-state index is 0.151. The van der Waals surface area contributed by atoms with Crippen LogP contribution in [-0.2, 0) is 17.1 Å². The van der Waals surface area contributed by atoms with Gasteiger partial charge in [0.1, 0.15) is 10.6 Å². The molecule has 0 saturated heterocycles. The summed E-state index contributed by atoms with van der Waals surface area (Å²) in [7, 11) is -2.75. The number of halogens is 3. The lowest BCUT2D eigenvalue weighted by atomic mass is 10.2. The molecule has 25 heavy (non-hydrogen) atoms. The van der Waals surface area contributed by atoms with Crippen LogP contribution in [0.15, 0.2) is 53.6 Å². The van der Waals surface area contributed by atoms with Gasteiger partial charge in [-0.1, -0.05) is 30.3 Å². The zero-order valence-electron chi connectivity index (χ0n) is 12.9. The topological polar surface area (TPSA) is 64.0 Å². The number of nitrogens with zero attached hydrogens (tertiary/aromatic N) is 2. The molecule has 0 aliphatic carbocycles. The third kappa shape index (κ3) is 3.22. The van der Waals surface area contributed by atoms with Crippen LogP contribution in [0.5, 0.6) is 0 Å². The summed E-state index contributed by atoms with van der Waals surface area (Å²) in [4.78, 5) is -0.217. The highest BCUT2D eigenvalue weighted by Gasteiger charge is 2.25. The van der Waals surface area contributed by atoms with Gasteiger partial charge in [-0.05, 0) is 12.1 Å². The molecule has 0 amide bonds. The molecule has 1 N–H and O–H groups in total. The molecule has 3 aromatic rings. The van der Waals surface area contributed by atoms with Gasteiger partial charge in [-0.2, -0.15) is 5.10 Å². The average molecular weight is 367 g/mol. The van der Waals surface area contributed by atoms with Crippen LogP contribution >= 0.6 is 0 Å². The SMILES string of the molecule is Cn1cc(S(=O)(=O)Nc2ccc(F)c(F)c2F)c(-c2ccccc2)n1. The summed E-state index contributed by atoms with van der Waals surface area (Å²) in [5, 5.41) is 4.11. The van der Waals surface area contributed by atoms with Gasteiger partial charge in [0.2, 0.25) is 0 Å². The van der Waals surface area contributed by atoms with Gasteiger partial charge in [0.15, 0.2) is 17.5 Å². The number of rotatable bonds is 4. The van der Waals surface area contributed by atoms with Gasteiger partial charge < -0.3 is 0 Å². The Labute approximate surface area is 141 Å². The molecule has 0 fully saturated rings. The van der Waals surface area contributed by atoms with E-state index in [1.54, 1.807) is 30.3 Å². The molecular formula is C16H12F3N3O2S. The van der Waals surface area contributed by atoms with Gasteiger partial charge in [0.25, 0.3) is 10.0 Å². The minimum Gasteiger partial charge on any atom is -0.276 e. The van der Waals surface area contributed by atoms with E-state index in [4.69, 9.17) is 0 Å². The fraction of sp³-hybridized carbons (Fsp3) is 0.0625. The first-order chi connectivity index (χ1) is 11.8. The molecule has 9 heteroatoms. The minimum atomic E-state index is -4.29. The monoisotopic (exact) mass is 367 g/mol. The molecule has 0 aliphatic heterocycles. The quantitative estimate of drug-likeness (QED) is 0.720. The fourth-order valence-corrected chi connectivity index (χ4v) is 3.53. The Morgan fingerprint density at radius 1 is 1.00 bits per heavy atom.